The fraction of sp³-hybridized carbons (Fsp3) is 0.958. The van der Waals surface area contributed by atoms with Crippen LogP contribution in [-0.4, -0.2) is 51.0 Å². The number of hydrogen-bond acceptors (Lipinski definition) is 5. The average Bonchev–Trinajstić information content (AvgIpc) is 3.03. The summed E-state index contributed by atoms with van der Waals surface area (Å²) in [6.07, 6.45) is 9.19. The molecule has 10 atom stereocenters. The van der Waals surface area contributed by atoms with Gasteiger partial charge >= 0.3 is 16.4 Å². The Morgan fingerprint density at radius 2 is 1.55 bits per heavy atom. The van der Waals surface area contributed by atoms with Gasteiger partial charge in [0.1, 0.15) is 0 Å². The number of rotatable bonds is 4. The molecule has 0 bridgehead atoms. The fourth-order valence-electron chi connectivity index (χ4n) is 8.73. The lowest BCUT2D eigenvalue weighted by Gasteiger charge is -2.62. The Hall–Kier alpha value is -0.740. The lowest BCUT2D eigenvalue weighted by atomic mass is 9.43. The molecule has 192 valence electrons. The van der Waals surface area contributed by atoms with E-state index in [0.29, 0.717) is 35.5 Å². The Bertz CT molecular complexity index is 807. The minimum Gasteiger partial charge on any atom is -0.481 e. The first kappa shape index (κ1) is 26.9. The highest BCUT2D eigenvalue weighted by Crippen LogP contribution is 2.68. The molecule has 0 aliphatic heterocycles. The van der Waals surface area contributed by atoms with Crippen molar-refractivity contribution in [2.45, 2.75) is 97.2 Å². The summed E-state index contributed by atoms with van der Waals surface area (Å²) in [6.45, 7) is 7.16. The molecule has 4 fully saturated rings. The summed E-state index contributed by atoms with van der Waals surface area (Å²) < 4.78 is 31.6. The van der Waals surface area contributed by atoms with Crippen molar-refractivity contribution in [1.29, 1.82) is 0 Å². The van der Waals surface area contributed by atoms with Crippen molar-refractivity contribution < 1.29 is 37.6 Å². The van der Waals surface area contributed by atoms with Gasteiger partial charge in [-0.2, -0.15) is 8.42 Å². The standard InChI is InChI=1S/C24H40O4.H2O4S/c1-14(4-7-21(27)28)17-5-6-18-22-19(9-11-24(17,18)3)23(2)10-8-16(25)12-15(23)13-20(22)26;1-5(2,3)4/h14-20,22,25-26H,4-13H2,1-3H3,(H,27,28);(H2,1,2,3,4)/t14-,15+,16-,17-,18+,19+,20+,22+,23+,24-;/m1./s1. The maximum atomic E-state index is 11.2. The van der Waals surface area contributed by atoms with Crippen molar-refractivity contribution in [3.8, 4) is 0 Å². The molecule has 0 spiro atoms. The number of aliphatic hydroxyl groups is 2. The third-order valence-electron chi connectivity index (χ3n) is 10.2. The lowest BCUT2D eigenvalue weighted by Crippen LogP contribution is -2.58. The van der Waals surface area contributed by atoms with Crippen LogP contribution in [0.3, 0.4) is 0 Å². The van der Waals surface area contributed by atoms with E-state index in [0.717, 1.165) is 32.1 Å². The second-order valence-electron chi connectivity index (χ2n) is 11.8. The van der Waals surface area contributed by atoms with Crippen LogP contribution in [-0.2, 0) is 15.2 Å². The number of aliphatic carboxylic acids is 1. The molecule has 4 saturated carbocycles. The van der Waals surface area contributed by atoms with Crippen molar-refractivity contribution in [2.24, 2.45) is 46.3 Å². The first-order valence-electron chi connectivity index (χ1n) is 12.4. The summed E-state index contributed by atoms with van der Waals surface area (Å²) in [5.74, 6) is 2.36. The third kappa shape index (κ3) is 5.58. The van der Waals surface area contributed by atoms with Crippen LogP contribution < -0.4 is 0 Å². The first-order chi connectivity index (χ1) is 15.2. The minimum atomic E-state index is -4.67. The van der Waals surface area contributed by atoms with Crippen LogP contribution in [0.25, 0.3) is 0 Å². The van der Waals surface area contributed by atoms with E-state index < -0.39 is 16.4 Å². The van der Waals surface area contributed by atoms with Gasteiger partial charge in [-0.25, -0.2) is 0 Å². The van der Waals surface area contributed by atoms with E-state index >= 15 is 0 Å². The average molecular weight is 491 g/mol. The third-order valence-corrected chi connectivity index (χ3v) is 10.2. The summed E-state index contributed by atoms with van der Waals surface area (Å²) in [5.41, 5.74) is 0.523. The normalized spacial score (nSPS) is 45.6. The topological polar surface area (TPSA) is 152 Å². The largest absolute Gasteiger partial charge is 0.481 e. The molecule has 4 aliphatic rings. The molecule has 0 heterocycles. The first-order valence-corrected chi connectivity index (χ1v) is 13.8. The zero-order valence-electron chi connectivity index (χ0n) is 20.1. The second kappa shape index (κ2) is 9.72. The molecule has 9 heteroatoms. The van der Waals surface area contributed by atoms with Gasteiger partial charge < -0.3 is 15.3 Å². The SMILES string of the molecule is C[C@H](CCC(=O)O)[C@H]1CC[C@H]2[C@@H]3[C@@H](O)C[C@@H]4C[C@H](O)CC[C@]4(C)[C@H]3CC[C@]12C.O=S(=O)(O)O. The van der Waals surface area contributed by atoms with Crippen LogP contribution in [0.5, 0.6) is 0 Å². The van der Waals surface area contributed by atoms with Crippen molar-refractivity contribution in [1.82, 2.24) is 0 Å². The van der Waals surface area contributed by atoms with Crippen LogP contribution in [0, 0.1) is 46.3 Å². The van der Waals surface area contributed by atoms with Crippen molar-refractivity contribution in [2.75, 3.05) is 0 Å². The van der Waals surface area contributed by atoms with Gasteiger partial charge in [0.2, 0.25) is 0 Å². The molecule has 0 aromatic carbocycles. The molecular formula is C24H42O8S. The van der Waals surface area contributed by atoms with E-state index in [9.17, 15) is 15.0 Å². The van der Waals surface area contributed by atoms with E-state index in [4.69, 9.17) is 22.6 Å². The summed E-state index contributed by atoms with van der Waals surface area (Å²) in [4.78, 5) is 11.1. The fourth-order valence-corrected chi connectivity index (χ4v) is 8.73. The molecule has 8 nitrogen and oxygen atoms in total. The summed E-state index contributed by atoms with van der Waals surface area (Å²) >= 11 is 0. The Balaban J connectivity index is 0.000000555. The van der Waals surface area contributed by atoms with E-state index in [1.807, 2.05) is 0 Å². The molecule has 0 amide bonds. The maximum Gasteiger partial charge on any atom is 0.394 e. The van der Waals surface area contributed by atoms with E-state index in [-0.39, 0.29) is 29.5 Å². The van der Waals surface area contributed by atoms with Gasteiger partial charge in [0.15, 0.2) is 0 Å². The number of fused-ring (bicyclic) bond motifs is 5. The van der Waals surface area contributed by atoms with Gasteiger partial charge in [-0.1, -0.05) is 20.8 Å². The summed E-state index contributed by atoms with van der Waals surface area (Å²) in [7, 11) is -4.67. The Morgan fingerprint density at radius 1 is 0.970 bits per heavy atom. The monoisotopic (exact) mass is 490 g/mol. The quantitative estimate of drug-likeness (QED) is 0.373. The van der Waals surface area contributed by atoms with E-state index in [1.54, 1.807) is 0 Å². The molecular weight excluding hydrogens is 448 g/mol. The molecule has 5 N–H and O–H groups in total. The van der Waals surface area contributed by atoms with Gasteiger partial charge in [-0.3, -0.25) is 13.9 Å². The number of hydrogen-bond donors (Lipinski definition) is 5. The van der Waals surface area contributed by atoms with Gasteiger partial charge in [0.05, 0.1) is 12.2 Å². The predicted molar refractivity (Wildman–Crippen MR) is 123 cm³/mol. The predicted octanol–water partition coefficient (Wildman–Crippen LogP) is 3.83. The lowest BCUT2D eigenvalue weighted by molar-refractivity contribution is -0.174. The van der Waals surface area contributed by atoms with Gasteiger partial charge in [-0.05, 0) is 104 Å². The molecule has 0 saturated heterocycles. The Labute approximate surface area is 197 Å². The smallest absolute Gasteiger partial charge is 0.394 e. The van der Waals surface area contributed by atoms with Crippen molar-refractivity contribution in [3.05, 3.63) is 0 Å². The van der Waals surface area contributed by atoms with Crippen LogP contribution in [0.1, 0.15) is 85.0 Å². The van der Waals surface area contributed by atoms with Crippen LogP contribution in [0.2, 0.25) is 0 Å². The van der Waals surface area contributed by atoms with E-state index in [1.165, 1.54) is 25.7 Å². The highest BCUT2D eigenvalue weighted by molar-refractivity contribution is 7.79. The molecule has 33 heavy (non-hydrogen) atoms. The van der Waals surface area contributed by atoms with Crippen LogP contribution in [0.15, 0.2) is 0 Å². The molecule has 4 aliphatic carbocycles. The second-order valence-corrected chi connectivity index (χ2v) is 12.7. The zero-order valence-corrected chi connectivity index (χ0v) is 20.9. The number of carboxylic acids is 1. The summed E-state index contributed by atoms with van der Waals surface area (Å²) in [6, 6.07) is 0. The summed E-state index contributed by atoms with van der Waals surface area (Å²) in [5, 5.41) is 30.5. The van der Waals surface area contributed by atoms with Gasteiger partial charge in [-0.15, -0.1) is 0 Å². The Kier molecular flexibility index (Phi) is 7.91. The molecule has 4 rings (SSSR count). The minimum absolute atomic E-state index is 0.179. The van der Waals surface area contributed by atoms with Gasteiger partial charge in [0.25, 0.3) is 0 Å². The van der Waals surface area contributed by atoms with E-state index in [2.05, 4.69) is 20.8 Å². The van der Waals surface area contributed by atoms with Crippen LogP contribution in [0.4, 0.5) is 0 Å². The van der Waals surface area contributed by atoms with Crippen molar-refractivity contribution >= 4 is 16.4 Å². The maximum absolute atomic E-state index is 11.2. The van der Waals surface area contributed by atoms with Gasteiger partial charge in [0, 0.05) is 6.42 Å². The number of carboxylic acid groups (broad SMARTS) is 1. The molecule has 0 aromatic heterocycles. The van der Waals surface area contributed by atoms with Crippen LogP contribution >= 0.6 is 0 Å². The Morgan fingerprint density at radius 3 is 2.15 bits per heavy atom. The molecule has 0 radical (unpaired) electrons. The number of aliphatic hydroxyl groups excluding tert-OH is 2. The number of carbonyl (C=O) groups is 1. The highest BCUT2D eigenvalue weighted by atomic mass is 32.3. The zero-order chi connectivity index (χ0) is 24.8. The van der Waals surface area contributed by atoms with Crippen molar-refractivity contribution in [3.63, 3.8) is 0 Å². The highest BCUT2D eigenvalue weighted by Gasteiger charge is 2.62. The molecule has 0 unspecified atom stereocenters. The molecule has 0 aromatic rings.